The molecule has 2 amide bonds. The van der Waals surface area contributed by atoms with Crippen LogP contribution in [0.5, 0.6) is 0 Å². The van der Waals surface area contributed by atoms with Gasteiger partial charge in [0.15, 0.2) is 0 Å². The highest BCUT2D eigenvalue weighted by Gasteiger charge is 2.26. The normalized spacial score (nSPS) is 14.1. The Kier molecular flexibility index (Phi) is 6.09. The van der Waals surface area contributed by atoms with E-state index in [0.29, 0.717) is 4.88 Å². The van der Waals surface area contributed by atoms with E-state index in [1.165, 1.54) is 11.3 Å². The highest BCUT2D eigenvalue weighted by atomic mass is 32.1. The molecule has 1 saturated carbocycles. The Hall–Kier alpha value is -3.25. The van der Waals surface area contributed by atoms with Gasteiger partial charge < -0.3 is 5.32 Å². The van der Waals surface area contributed by atoms with E-state index < -0.39 is 0 Å². The summed E-state index contributed by atoms with van der Waals surface area (Å²) in [4.78, 5) is 34.6. The fraction of sp³-hybridized carbons (Fsp3) is 0.321. The number of thiophene rings is 1. The molecule has 5 rings (SSSR count). The number of fused-ring (bicyclic) bond motifs is 2. The zero-order chi connectivity index (χ0) is 23.8. The second-order valence-corrected chi connectivity index (χ2v) is 10.4. The highest BCUT2D eigenvalue weighted by Crippen LogP contribution is 2.31. The Morgan fingerprint density at radius 1 is 1.00 bits per heavy atom. The molecule has 2 heterocycles. The molecule has 6 heteroatoms. The van der Waals surface area contributed by atoms with Crippen molar-refractivity contribution >= 4 is 50.0 Å². The Morgan fingerprint density at radius 3 is 2.56 bits per heavy atom. The number of nitrogens with one attached hydrogen (secondary N) is 1. The second kappa shape index (κ2) is 9.18. The van der Waals surface area contributed by atoms with Crippen LogP contribution >= 0.6 is 11.3 Å². The Labute approximate surface area is 203 Å². The molecule has 1 aliphatic rings. The number of para-hydroxylation sites is 1. The summed E-state index contributed by atoms with van der Waals surface area (Å²) >= 11 is 1.39. The van der Waals surface area contributed by atoms with Crippen molar-refractivity contribution in [3.63, 3.8) is 0 Å². The first-order valence-corrected chi connectivity index (χ1v) is 12.7. The van der Waals surface area contributed by atoms with E-state index in [1.807, 2.05) is 63.2 Å². The molecule has 0 saturated heterocycles. The van der Waals surface area contributed by atoms with Gasteiger partial charge >= 0.3 is 0 Å². The lowest BCUT2D eigenvalue weighted by Crippen LogP contribution is -2.43. The number of aromatic nitrogens is 1. The Morgan fingerprint density at radius 2 is 1.79 bits per heavy atom. The summed E-state index contributed by atoms with van der Waals surface area (Å²) in [5.41, 5.74) is 4.93. The molecular weight excluding hydrogens is 442 g/mol. The molecule has 1 N–H and O–H groups in total. The third kappa shape index (κ3) is 4.42. The SMILES string of the molecule is Cc1ccc(N(CC(=O)NC2CCCC2)C(=O)c2cc3cc4cccc(C)c4nc3s2)c(C)c1. The number of rotatable bonds is 5. The molecule has 2 aromatic heterocycles. The van der Waals surface area contributed by atoms with Gasteiger partial charge in [-0.25, -0.2) is 4.98 Å². The van der Waals surface area contributed by atoms with Gasteiger partial charge in [0.1, 0.15) is 11.4 Å². The molecule has 0 unspecified atom stereocenters. The maximum Gasteiger partial charge on any atom is 0.268 e. The minimum atomic E-state index is -0.169. The number of hydrogen-bond donors (Lipinski definition) is 1. The van der Waals surface area contributed by atoms with Crippen molar-refractivity contribution < 1.29 is 9.59 Å². The molecule has 0 atom stereocenters. The van der Waals surface area contributed by atoms with Crippen LogP contribution in [0.1, 0.15) is 52.0 Å². The fourth-order valence-electron chi connectivity index (χ4n) is 4.91. The fourth-order valence-corrected chi connectivity index (χ4v) is 5.87. The van der Waals surface area contributed by atoms with E-state index in [-0.39, 0.29) is 24.4 Å². The number of aryl methyl sites for hydroxylation is 3. The summed E-state index contributed by atoms with van der Waals surface area (Å²) < 4.78 is 0. The largest absolute Gasteiger partial charge is 0.352 e. The molecule has 0 spiro atoms. The Bertz CT molecular complexity index is 1400. The lowest BCUT2D eigenvalue weighted by atomic mass is 10.1. The van der Waals surface area contributed by atoms with Gasteiger partial charge in [-0.1, -0.05) is 48.7 Å². The van der Waals surface area contributed by atoms with Crippen LogP contribution in [0.15, 0.2) is 48.5 Å². The predicted octanol–water partition coefficient (Wildman–Crippen LogP) is 6.08. The standard InChI is InChI=1S/C28H29N3O2S/c1-17-11-12-23(19(3)13-17)31(16-25(32)29-22-9-4-5-10-22)28(33)24-15-21-14-20-8-6-7-18(2)26(20)30-27(21)34-24/h6-8,11-15,22H,4-5,9-10,16H2,1-3H3,(H,29,32). The van der Waals surface area contributed by atoms with Crippen molar-refractivity contribution in [1.29, 1.82) is 0 Å². The minimum Gasteiger partial charge on any atom is -0.352 e. The summed E-state index contributed by atoms with van der Waals surface area (Å²) in [6.45, 7) is 6.06. The van der Waals surface area contributed by atoms with Crippen molar-refractivity contribution in [2.45, 2.75) is 52.5 Å². The maximum atomic E-state index is 13.8. The summed E-state index contributed by atoms with van der Waals surface area (Å²) in [6.07, 6.45) is 4.32. The number of hydrogen-bond acceptors (Lipinski definition) is 4. The van der Waals surface area contributed by atoms with Gasteiger partial charge in [0, 0.05) is 22.5 Å². The first kappa shape index (κ1) is 22.5. The number of nitrogens with zero attached hydrogens (tertiary/aromatic N) is 2. The van der Waals surface area contributed by atoms with Crippen LogP contribution < -0.4 is 10.2 Å². The number of carbonyl (C=O) groups is 2. The van der Waals surface area contributed by atoms with Gasteiger partial charge in [0.05, 0.1) is 10.4 Å². The second-order valence-electron chi connectivity index (χ2n) is 9.37. The summed E-state index contributed by atoms with van der Waals surface area (Å²) in [5.74, 6) is -0.280. The van der Waals surface area contributed by atoms with E-state index in [4.69, 9.17) is 4.98 Å². The zero-order valence-electron chi connectivity index (χ0n) is 19.9. The van der Waals surface area contributed by atoms with Gasteiger partial charge in [0.25, 0.3) is 5.91 Å². The number of anilines is 1. The smallest absolute Gasteiger partial charge is 0.268 e. The third-order valence-electron chi connectivity index (χ3n) is 6.65. The zero-order valence-corrected chi connectivity index (χ0v) is 20.7. The predicted molar refractivity (Wildman–Crippen MR) is 140 cm³/mol. The van der Waals surface area contributed by atoms with Crippen LogP contribution in [0.4, 0.5) is 5.69 Å². The van der Waals surface area contributed by atoms with E-state index in [2.05, 4.69) is 11.4 Å². The molecule has 4 aromatic rings. The van der Waals surface area contributed by atoms with Crippen LogP contribution in [-0.4, -0.2) is 29.4 Å². The van der Waals surface area contributed by atoms with E-state index in [1.54, 1.807) is 4.90 Å². The molecular formula is C28H29N3O2S. The lowest BCUT2D eigenvalue weighted by Gasteiger charge is -2.25. The van der Waals surface area contributed by atoms with Gasteiger partial charge in [-0.3, -0.25) is 14.5 Å². The first-order chi connectivity index (χ1) is 16.4. The van der Waals surface area contributed by atoms with Crippen LogP contribution in [0.25, 0.3) is 21.1 Å². The van der Waals surface area contributed by atoms with Crippen molar-refractivity contribution in [1.82, 2.24) is 10.3 Å². The average molecular weight is 472 g/mol. The van der Waals surface area contributed by atoms with Gasteiger partial charge in [0.2, 0.25) is 5.91 Å². The van der Waals surface area contributed by atoms with E-state index in [9.17, 15) is 9.59 Å². The molecule has 2 aromatic carbocycles. The molecule has 1 fully saturated rings. The van der Waals surface area contributed by atoms with Gasteiger partial charge in [-0.15, -0.1) is 11.3 Å². The van der Waals surface area contributed by atoms with Crippen LogP contribution in [0.2, 0.25) is 0 Å². The molecule has 0 radical (unpaired) electrons. The van der Waals surface area contributed by atoms with E-state index >= 15 is 0 Å². The molecule has 0 bridgehead atoms. The lowest BCUT2D eigenvalue weighted by molar-refractivity contribution is -0.120. The number of amides is 2. The Balaban J connectivity index is 1.51. The minimum absolute atomic E-state index is 0.00198. The van der Waals surface area contributed by atoms with Crippen LogP contribution in [0, 0.1) is 20.8 Å². The highest BCUT2D eigenvalue weighted by molar-refractivity contribution is 7.20. The summed E-state index contributed by atoms with van der Waals surface area (Å²) in [6, 6.07) is 16.3. The van der Waals surface area contributed by atoms with Gasteiger partial charge in [-0.2, -0.15) is 0 Å². The monoisotopic (exact) mass is 471 g/mol. The summed E-state index contributed by atoms with van der Waals surface area (Å²) in [5, 5.41) is 5.14. The van der Waals surface area contributed by atoms with Crippen molar-refractivity contribution in [3.8, 4) is 0 Å². The number of pyridine rings is 1. The maximum absolute atomic E-state index is 13.8. The summed E-state index contributed by atoms with van der Waals surface area (Å²) in [7, 11) is 0. The molecule has 174 valence electrons. The number of benzene rings is 2. The molecule has 34 heavy (non-hydrogen) atoms. The third-order valence-corrected chi connectivity index (χ3v) is 7.69. The van der Waals surface area contributed by atoms with Crippen molar-refractivity contribution in [2.75, 3.05) is 11.4 Å². The molecule has 0 aliphatic heterocycles. The number of carbonyl (C=O) groups excluding carboxylic acids is 2. The topological polar surface area (TPSA) is 62.3 Å². The van der Waals surface area contributed by atoms with Crippen LogP contribution in [-0.2, 0) is 4.79 Å². The molecule has 5 nitrogen and oxygen atoms in total. The first-order valence-electron chi connectivity index (χ1n) is 11.9. The quantitative estimate of drug-likeness (QED) is 0.384. The molecule has 1 aliphatic carbocycles. The van der Waals surface area contributed by atoms with Gasteiger partial charge in [-0.05, 0) is 62.9 Å². The van der Waals surface area contributed by atoms with E-state index in [0.717, 1.165) is 69.2 Å². The van der Waals surface area contributed by atoms with Crippen molar-refractivity contribution in [3.05, 3.63) is 70.1 Å². The average Bonchev–Trinajstić information content (AvgIpc) is 3.46. The van der Waals surface area contributed by atoms with Crippen molar-refractivity contribution in [2.24, 2.45) is 0 Å². The van der Waals surface area contributed by atoms with Crippen LogP contribution in [0.3, 0.4) is 0 Å².